The monoisotopic (exact) mass is 314 g/mol. The van der Waals surface area contributed by atoms with Gasteiger partial charge in [-0.2, -0.15) is 9.40 Å². The number of hydrogen-bond donors (Lipinski definition) is 2. The molecule has 0 aromatic carbocycles. The third-order valence-corrected chi connectivity index (χ3v) is 5.76. The van der Waals surface area contributed by atoms with Crippen LogP contribution in [-0.4, -0.2) is 42.1 Å². The Balaban J connectivity index is 2.26. The summed E-state index contributed by atoms with van der Waals surface area (Å²) in [6.45, 7) is 9.19. The maximum absolute atomic E-state index is 12.9. The fraction of sp³-hybridized carbons (Fsp3) is 0.786. The molecule has 0 amide bonds. The van der Waals surface area contributed by atoms with E-state index in [9.17, 15) is 8.42 Å². The lowest BCUT2D eigenvalue weighted by Crippen LogP contribution is -2.35. The lowest BCUT2D eigenvalue weighted by molar-refractivity contribution is 0.380. The Kier molecular flexibility index (Phi) is 5.06. The van der Waals surface area contributed by atoms with Crippen LogP contribution in [0.25, 0.3) is 0 Å². The van der Waals surface area contributed by atoms with Crippen LogP contribution >= 0.6 is 0 Å². The first-order chi connectivity index (χ1) is 9.86. The zero-order valence-corrected chi connectivity index (χ0v) is 14.1. The number of hydrogen-bond acceptors (Lipinski definition) is 4. The third kappa shape index (κ3) is 3.84. The molecule has 1 aliphatic rings. The first kappa shape index (κ1) is 16.5. The summed E-state index contributed by atoms with van der Waals surface area (Å²) in [5, 5.41) is 10.3. The molecule has 2 rings (SSSR count). The second-order valence-electron chi connectivity index (χ2n) is 6.13. The number of nitrogens with zero attached hydrogens (tertiary/aromatic N) is 2. The van der Waals surface area contributed by atoms with Crippen molar-refractivity contribution >= 4 is 10.0 Å². The van der Waals surface area contributed by atoms with Crippen molar-refractivity contribution in [3.05, 3.63) is 11.4 Å². The summed E-state index contributed by atoms with van der Waals surface area (Å²) in [5.41, 5.74) is 1.21. The highest BCUT2D eigenvalue weighted by atomic mass is 32.2. The molecule has 0 bridgehead atoms. The standard InChI is InChI=1S/C14H26N4O2S/c1-5-18(9-10(2)3)21(19,20)14-11(4)16-17-13(14)8-15-12-6-7-12/h10,12,15H,5-9H2,1-4H3,(H,16,17). The molecule has 7 heteroatoms. The van der Waals surface area contributed by atoms with Gasteiger partial charge in [-0.25, -0.2) is 8.42 Å². The molecule has 0 radical (unpaired) electrons. The molecule has 1 aromatic heterocycles. The summed E-state index contributed by atoms with van der Waals surface area (Å²) >= 11 is 0. The highest BCUT2D eigenvalue weighted by Crippen LogP contribution is 2.25. The smallest absolute Gasteiger partial charge is 0.246 e. The Morgan fingerprint density at radius 1 is 1.43 bits per heavy atom. The van der Waals surface area contributed by atoms with Crippen LogP contribution < -0.4 is 5.32 Å². The number of sulfonamides is 1. The molecule has 120 valence electrons. The molecule has 0 unspecified atom stereocenters. The predicted molar refractivity (Wildman–Crippen MR) is 82.5 cm³/mol. The zero-order valence-electron chi connectivity index (χ0n) is 13.3. The summed E-state index contributed by atoms with van der Waals surface area (Å²) in [4.78, 5) is 0.346. The van der Waals surface area contributed by atoms with Gasteiger partial charge in [0, 0.05) is 25.7 Å². The summed E-state index contributed by atoms with van der Waals surface area (Å²) in [6, 6.07) is 0.524. The molecule has 1 fully saturated rings. The van der Waals surface area contributed by atoms with Crippen LogP contribution in [0.4, 0.5) is 0 Å². The minimum atomic E-state index is -3.49. The van der Waals surface area contributed by atoms with E-state index in [2.05, 4.69) is 15.5 Å². The van der Waals surface area contributed by atoms with E-state index in [4.69, 9.17) is 0 Å². The Labute approximate surface area is 127 Å². The molecule has 6 nitrogen and oxygen atoms in total. The molecule has 1 heterocycles. The average molecular weight is 314 g/mol. The summed E-state index contributed by atoms with van der Waals surface area (Å²) < 4.78 is 27.3. The Bertz CT molecular complexity index is 576. The van der Waals surface area contributed by atoms with Gasteiger partial charge in [-0.3, -0.25) is 5.10 Å². The topological polar surface area (TPSA) is 78.1 Å². The van der Waals surface area contributed by atoms with Crippen LogP contribution in [-0.2, 0) is 16.6 Å². The largest absolute Gasteiger partial charge is 0.308 e. The highest BCUT2D eigenvalue weighted by molar-refractivity contribution is 7.89. The Hall–Kier alpha value is -0.920. The quantitative estimate of drug-likeness (QED) is 0.764. The van der Waals surface area contributed by atoms with Crippen LogP contribution in [0.2, 0.25) is 0 Å². The molecule has 0 atom stereocenters. The summed E-state index contributed by atoms with van der Waals surface area (Å²) in [6.07, 6.45) is 2.33. The van der Waals surface area contributed by atoms with Crippen LogP contribution in [0.1, 0.15) is 45.0 Å². The van der Waals surface area contributed by atoms with Gasteiger partial charge in [-0.1, -0.05) is 20.8 Å². The predicted octanol–water partition coefficient (Wildman–Crippen LogP) is 1.64. The van der Waals surface area contributed by atoms with Gasteiger partial charge in [0.1, 0.15) is 4.90 Å². The van der Waals surface area contributed by atoms with E-state index < -0.39 is 10.0 Å². The fourth-order valence-electron chi connectivity index (χ4n) is 2.39. The lowest BCUT2D eigenvalue weighted by atomic mass is 10.2. The highest BCUT2D eigenvalue weighted by Gasteiger charge is 2.31. The van der Waals surface area contributed by atoms with Crippen LogP contribution in [0, 0.1) is 12.8 Å². The molecule has 2 N–H and O–H groups in total. The molecule has 0 saturated heterocycles. The molecule has 21 heavy (non-hydrogen) atoms. The average Bonchev–Trinajstić information content (AvgIpc) is 3.15. The van der Waals surface area contributed by atoms with Gasteiger partial charge in [0.05, 0.1) is 11.4 Å². The molecule has 1 saturated carbocycles. The first-order valence-electron chi connectivity index (χ1n) is 7.63. The van der Waals surface area contributed by atoms with Crippen LogP contribution in [0.15, 0.2) is 4.90 Å². The number of aromatic nitrogens is 2. The SMILES string of the molecule is CCN(CC(C)C)S(=O)(=O)c1c(CNC2CC2)n[nH]c1C. The molecule has 0 spiro atoms. The zero-order chi connectivity index (χ0) is 15.6. The Morgan fingerprint density at radius 3 is 2.62 bits per heavy atom. The van der Waals surface area contributed by atoms with Gasteiger partial charge in [-0.05, 0) is 25.7 Å². The minimum absolute atomic E-state index is 0.292. The number of H-pyrrole nitrogens is 1. The molecular weight excluding hydrogens is 288 g/mol. The van der Waals surface area contributed by atoms with Crippen molar-refractivity contribution in [3.8, 4) is 0 Å². The molecule has 1 aliphatic carbocycles. The van der Waals surface area contributed by atoms with Gasteiger partial charge in [0.25, 0.3) is 0 Å². The van der Waals surface area contributed by atoms with Gasteiger partial charge < -0.3 is 5.32 Å². The van der Waals surface area contributed by atoms with E-state index in [1.165, 1.54) is 17.1 Å². The van der Waals surface area contributed by atoms with E-state index in [1.54, 1.807) is 6.92 Å². The first-order valence-corrected chi connectivity index (χ1v) is 9.07. The third-order valence-electron chi connectivity index (χ3n) is 3.62. The summed E-state index contributed by atoms with van der Waals surface area (Å²) in [7, 11) is -3.49. The van der Waals surface area contributed by atoms with E-state index in [0.29, 0.717) is 47.9 Å². The van der Waals surface area contributed by atoms with Crippen LogP contribution in [0.3, 0.4) is 0 Å². The number of aromatic amines is 1. The van der Waals surface area contributed by atoms with Crippen molar-refractivity contribution in [2.24, 2.45) is 5.92 Å². The fourth-order valence-corrected chi connectivity index (χ4v) is 4.33. The normalized spacial score (nSPS) is 16.1. The lowest BCUT2D eigenvalue weighted by Gasteiger charge is -2.22. The summed E-state index contributed by atoms with van der Waals surface area (Å²) in [5.74, 6) is 0.292. The van der Waals surface area contributed by atoms with E-state index >= 15 is 0 Å². The number of aryl methyl sites for hydroxylation is 1. The van der Waals surface area contributed by atoms with Gasteiger partial charge in [0.15, 0.2) is 0 Å². The van der Waals surface area contributed by atoms with Gasteiger partial charge in [0.2, 0.25) is 10.0 Å². The second kappa shape index (κ2) is 6.46. The van der Waals surface area contributed by atoms with E-state index in [1.807, 2.05) is 20.8 Å². The Morgan fingerprint density at radius 2 is 2.10 bits per heavy atom. The van der Waals surface area contributed by atoms with E-state index in [0.717, 1.165) is 0 Å². The molecular formula is C14H26N4O2S. The van der Waals surface area contributed by atoms with Crippen molar-refractivity contribution in [2.75, 3.05) is 13.1 Å². The maximum atomic E-state index is 12.9. The number of nitrogens with one attached hydrogen (secondary N) is 2. The van der Waals surface area contributed by atoms with Crippen molar-refractivity contribution in [3.63, 3.8) is 0 Å². The van der Waals surface area contributed by atoms with Crippen molar-refractivity contribution in [2.45, 2.75) is 58.0 Å². The van der Waals surface area contributed by atoms with Crippen molar-refractivity contribution < 1.29 is 8.42 Å². The van der Waals surface area contributed by atoms with E-state index in [-0.39, 0.29) is 0 Å². The number of rotatable bonds is 8. The van der Waals surface area contributed by atoms with Gasteiger partial charge in [-0.15, -0.1) is 0 Å². The second-order valence-corrected chi connectivity index (χ2v) is 8.00. The van der Waals surface area contributed by atoms with Crippen LogP contribution in [0.5, 0.6) is 0 Å². The maximum Gasteiger partial charge on any atom is 0.246 e. The van der Waals surface area contributed by atoms with Crippen molar-refractivity contribution in [1.82, 2.24) is 19.8 Å². The van der Waals surface area contributed by atoms with Gasteiger partial charge >= 0.3 is 0 Å². The molecule has 0 aliphatic heterocycles. The molecule has 1 aromatic rings. The minimum Gasteiger partial charge on any atom is -0.308 e. The van der Waals surface area contributed by atoms with Crippen molar-refractivity contribution in [1.29, 1.82) is 0 Å².